The number of carbonyl (C=O) groups is 1. The largest absolute Gasteiger partial charge is 0.481 e. The van der Waals surface area contributed by atoms with Crippen molar-refractivity contribution in [2.75, 3.05) is 6.54 Å². The van der Waals surface area contributed by atoms with Gasteiger partial charge in [-0.25, -0.2) is 0 Å². The summed E-state index contributed by atoms with van der Waals surface area (Å²) in [6.45, 7) is 3.52. The van der Waals surface area contributed by atoms with Crippen LogP contribution in [0.25, 0.3) is 11.1 Å². The van der Waals surface area contributed by atoms with Crippen molar-refractivity contribution in [2.24, 2.45) is 11.8 Å². The third-order valence-corrected chi connectivity index (χ3v) is 6.21. The van der Waals surface area contributed by atoms with Crippen molar-refractivity contribution >= 4 is 5.97 Å². The number of carboxylic acid groups (broad SMARTS) is 1. The summed E-state index contributed by atoms with van der Waals surface area (Å²) in [5.41, 5.74) is 1.30. The molecule has 0 aromatic heterocycles. The van der Waals surface area contributed by atoms with Crippen LogP contribution in [0.4, 0.5) is 26.3 Å². The highest BCUT2D eigenvalue weighted by Crippen LogP contribution is 2.38. The summed E-state index contributed by atoms with van der Waals surface area (Å²) in [5, 5.41) is 12.7. The standard InChI is InChI=1S/C25H27F6NO2/c1-14(2)9-21(23(33)34)17-10-16(15-3-5-19(6-4-15)24(26,27)28)11-18(12-17)22-8-7-20(13-32-22)25(29,30)31/h3-6,10-12,14,20-22,32H,7-9,13H2,1-2H3,(H,33,34). The van der Waals surface area contributed by atoms with Crippen molar-refractivity contribution < 1.29 is 36.2 Å². The second-order valence-electron chi connectivity index (χ2n) is 9.26. The molecule has 0 aliphatic carbocycles. The van der Waals surface area contributed by atoms with Gasteiger partial charge in [0, 0.05) is 12.6 Å². The number of carboxylic acids is 1. The van der Waals surface area contributed by atoms with Gasteiger partial charge in [-0.15, -0.1) is 0 Å². The zero-order chi connectivity index (χ0) is 25.3. The molecule has 0 saturated carbocycles. The maximum absolute atomic E-state index is 13.1. The number of piperidine rings is 1. The summed E-state index contributed by atoms with van der Waals surface area (Å²) in [7, 11) is 0. The molecule has 1 saturated heterocycles. The van der Waals surface area contributed by atoms with E-state index in [4.69, 9.17) is 0 Å². The van der Waals surface area contributed by atoms with Gasteiger partial charge in [-0.1, -0.05) is 38.1 Å². The van der Waals surface area contributed by atoms with E-state index in [2.05, 4.69) is 5.32 Å². The van der Waals surface area contributed by atoms with E-state index in [1.54, 1.807) is 18.2 Å². The zero-order valence-corrected chi connectivity index (χ0v) is 18.8. The maximum atomic E-state index is 13.1. The van der Waals surface area contributed by atoms with Gasteiger partial charge < -0.3 is 10.4 Å². The number of nitrogens with one attached hydrogen (secondary N) is 1. The topological polar surface area (TPSA) is 49.3 Å². The smallest absolute Gasteiger partial charge is 0.416 e. The molecule has 0 radical (unpaired) electrons. The first kappa shape index (κ1) is 26.1. The fourth-order valence-electron chi connectivity index (χ4n) is 4.37. The number of hydrogen-bond donors (Lipinski definition) is 2. The fraction of sp³-hybridized carbons (Fsp3) is 0.480. The number of aliphatic carboxylic acids is 1. The quantitative estimate of drug-likeness (QED) is 0.424. The molecule has 1 fully saturated rings. The van der Waals surface area contributed by atoms with Crippen molar-refractivity contribution in [1.82, 2.24) is 5.32 Å². The van der Waals surface area contributed by atoms with Crippen LogP contribution in [0.3, 0.4) is 0 Å². The van der Waals surface area contributed by atoms with Crippen LogP contribution in [0, 0.1) is 11.8 Å². The van der Waals surface area contributed by atoms with Gasteiger partial charge in [0.1, 0.15) is 0 Å². The Bertz CT molecular complexity index is 990. The minimum absolute atomic E-state index is 0.0602. The molecule has 0 amide bonds. The molecule has 34 heavy (non-hydrogen) atoms. The molecule has 1 heterocycles. The van der Waals surface area contributed by atoms with Crippen LogP contribution in [-0.4, -0.2) is 23.8 Å². The van der Waals surface area contributed by atoms with E-state index < -0.39 is 41.8 Å². The molecule has 1 aliphatic rings. The Morgan fingerprint density at radius 1 is 1.00 bits per heavy atom. The lowest BCUT2D eigenvalue weighted by Gasteiger charge is -2.32. The Balaban J connectivity index is 2.01. The van der Waals surface area contributed by atoms with E-state index >= 15 is 0 Å². The molecule has 3 atom stereocenters. The summed E-state index contributed by atoms with van der Waals surface area (Å²) in [6.07, 6.45) is -8.29. The molecule has 0 spiro atoms. The highest BCUT2D eigenvalue weighted by Gasteiger charge is 2.41. The highest BCUT2D eigenvalue weighted by molar-refractivity contribution is 5.77. The van der Waals surface area contributed by atoms with Gasteiger partial charge in [-0.05, 0) is 65.6 Å². The summed E-state index contributed by atoms with van der Waals surface area (Å²) >= 11 is 0. The second kappa shape index (κ2) is 9.98. The number of halogens is 6. The molecule has 2 aromatic carbocycles. The molecular weight excluding hydrogens is 460 g/mol. The number of rotatable bonds is 6. The Kier molecular flexibility index (Phi) is 7.65. The molecular formula is C25H27F6NO2. The van der Waals surface area contributed by atoms with Crippen LogP contribution in [0.5, 0.6) is 0 Å². The van der Waals surface area contributed by atoms with E-state index in [-0.39, 0.29) is 25.3 Å². The van der Waals surface area contributed by atoms with Gasteiger partial charge in [-0.2, -0.15) is 26.3 Å². The lowest BCUT2D eigenvalue weighted by Crippen LogP contribution is -2.40. The van der Waals surface area contributed by atoms with Gasteiger partial charge in [0.15, 0.2) is 0 Å². The van der Waals surface area contributed by atoms with E-state index in [1.165, 1.54) is 12.1 Å². The molecule has 0 bridgehead atoms. The molecule has 186 valence electrons. The molecule has 9 heteroatoms. The summed E-state index contributed by atoms with van der Waals surface area (Å²) in [4.78, 5) is 12.0. The van der Waals surface area contributed by atoms with Crippen LogP contribution < -0.4 is 5.32 Å². The number of benzene rings is 2. The number of hydrogen-bond acceptors (Lipinski definition) is 2. The third-order valence-electron chi connectivity index (χ3n) is 6.21. The Morgan fingerprint density at radius 2 is 1.65 bits per heavy atom. The first-order chi connectivity index (χ1) is 15.8. The first-order valence-electron chi connectivity index (χ1n) is 11.1. The van der Waals surface area contributed by atoms with Crippen molar-refractivity contribution in [3.05, 3.63) is 59.2 Å². The molecule has 3 nitrogen and oxygen atoms in total. The van der Waals surface area contributed by atoms with Crippen LogP contribution >= 0.6 is 0 Å². The number of alkyl halides is 6. The molecule has 2 N–H and O–H groups in total. The SMILES string of the molecule is CC(C)CC(C(=O)O)c1cc(-c2ccc(C(F)(F)F)cc2)cc(C2CCC(C(F)(F)F)CN2)c1. The van der Waals surface area contributed by atoms with Crippen LogP contribution in [0.2, 0.25) is 0 Å². The van der Waals surface area contributed by atoms with Crippen molar-refractivity contribution in [3.8, 4) is 11.1 Å². The van der Waals surface area contributed by atoms with Crippen molar-refractivity contribution in [1.29, 1.82) is 0 Å². The third kappa shape index (κ3) is 6.31. The fourth-order valence-corrected chi connectivity index (χ4v) is 4.37. The normalized spacial score (nSPS) is 20.4. The van der Waals surface area contributed by atoms with Gasteiger partial charge in [-0.3, -0.25) is 4.79 Å². The predicted molar refractivity (Wildman–Crippen MR) is 116 cm³/mol. The van der Waals surface area contributed by atoms with Crippen molar-refractivity contribution in [2.45, 2.75) is 57.4 Å². The van der Waals surface area contributed by atoms with Crippen LogP contribution in [-0.2, 0) is 11.0 Å². The average molecular weight is 487 g/mol. The van der Waals surface area contributed by atoms with Gasteiger partial charge in [0.25, 0.3) is 0 Å². The highest BCUT2D eigenvalue weighted by atomic mass is 19.4. The zero-order valence-electron chi connectivity index (χ0n) is 18.8. The summed E-state index contributed by atoms with van der Waals surface area (Å²) < 4.78 is 78.1. The van der Waals surface area contributed by atoms with E-state index in [0.717, 1.165) is 12.1 Å². The maximum Gasteiger partial charge on any atom is 0.416 e. The minimum atomic E-state index is -4.49. The Morgan fingerprint density at radius 3 is 2.12 bits per heavy atom. The monoisotopic (exact) mass is 487 g/mol. The van der Waals surface area contributed by atoms with E-state index in [0.29, 0.717) is 28.7 Å². The minimum Gasteiger partial charge on any atom is -0.481 e. The lowest BCUT2D eigenvalue weighted by atomic mass is 9.84. The van der Waals surface area contributed by atoms with Gasteiger partial charge in [0.05, 0.1) is 17.4 Å². The molecule has 2 aromatic rings. The van der Waals surface area contributed by atoms with Crippen LogP contribution in [0.1, 0.15) is 61.8 Å². The van der Waals surface area contributed by atoms with Gasteiger partial charge >= 0.3 is 18.3 Å². The summed E-state index contributed by atoms with van der Waals surface area (Å²) in [6, 6.07) is 9.19. The van der Waals surface area contributed by atoms with Crippen LogP contribution in [0.15, 0.2) is 42.5 Å². The Hall–Kier alpha value is -2.55. The van der Waals surface area contributed by atoms with E-state index in [1.807, 2.05) is 13.8 Å². The first-order valence-corrected chi connectivity index (χ1v) is 11.1. The van der Waals surface area contributed by atoms with E-state index in [9.17, 15) is 36.2 Å². The average Bonchev–Trinajstić information content (AvgIpc) is 2.76. The predicted octanol–water partition coefficient (Wildman–Crippen LogP) is 7.19. The van der Waals surface area contributed by atoms with Crippen molar-refractivity contribution in [3.63, 3.8) is 0 Å². The second-order valence-corrected chi connectivity index (χ2v) is 9.26. The lowest BCUT2D eigenvalue weighted by molar-refractivity contribution is -0.179. The Labute approximate surface area is 194 Å². The molecule has 3 unspecified atom stereocenters. The summed E-state index contributed by atoms with van der Waals surface area (Å²) in [5.74, 6) is -3.26. The molecule has 1 aliphatic heterocycles. The molecule has 3 rings (SSSR count). The van der Waals surface area contributed by atoms with Gasteiger partial charge in [0.2, 0.25) is 0 Å².